The number of rotatable bonds is 6. The van der Waals surface area contributed by atoms with E-state index >= 15 is 0 Å². The number of methoxy groups -OCH3 is 1. The molecule has 0 spiro atoms. The third kappa shape index (κ3) is 3.41. The molecule has 3 heterocycles. The van der Waals surface area contributed by atoms with Crippen molar-refractivity contribution in [3.63, 3.8) is 0 Å². The third-order valence-electron chi connectivity index (χ3n) is 4.41. The van der Waals surface area contributed by atoms with Gasteiger partial charge in [-0.3, -0.25) is 4.79 Å². The topological polar surface area (TPSA) is 91.0 Å². The normalized spacial score (nSPS) is 14.3. The summed E-state index contributed by atoms with van der Waals surface area (Å²) in [7, 11) is 1.62. The Morgan fingerprint density at radius 2 is 2.08 bits per heavy atom. The number of likely N-dealkylation sites (tertiary alicyclic amines) is 1. The first-order valence-corrected chi connectivity index (χ1v) is 8.37. The van der Waals surface area contributed by atoms with Gasteiger partial charge in [0.1, 0.15) is 18.0 Å². The first-order valence-electron chi connectivity index (χ1n) is 8.37. The second kappa shape index (κ2) is 6.95. The van der Waals surface area contributed by atoms with Gasteiger partial charge in [-0.25, -0.2) is 4.68 Å². The van der Waals surface area contributed by atoms with Crippen molar-refractivity contribution in [2.24, 2.45) is 0 Å². The molecule has 1 aromatic carbocycles. The highest BCUT2D eigenvalue weighted by atomic mass is 16.5. The van der Waals surface area contributed by atoms with E-state index in [1.807, 2.05) is 40.0 Å². The number of aromatic nitrogens is 6. The highest BCUT2D eigenvalue weighted by Crippen LogP contribution is 2.22. The van der Waals surface area contributed by atoms with Crippen LogP contribution < -0.4 is 4.74 Å². The molecule has 26 heavy (non-hydrogen) atoms. The number of amides is 1. The molecule has 9 nitrogen and oxygen atoms in total. The van der Waals surface area contributed by atoms with Gasteiger partial charge in [-0.15, -0.1) is 5.10 Å². The van der Waals surface area contributed by atoms with Gasteiger partial charge in [0, 0.05) is 13.1 Å². The number of benzene rings is 1. The van der Waals surface area contributed by atoms with Gasteiger partial charge in [0.2, 0.25) is 5.91 Å². The van der Waals surface area contributed by atoms with Crippen LogP contribution in [0.4, 0.5) is 0 Å². The number of hydrogen-bond donors (Lipinski definition) is 0. The Bertz CT molecular complexity index is 884. The van der Waals surface area contributed by atoms with Crippen LogP contribution in [0, 0.1) is 0 Å². The van der Waals surface area contributed by atoms with Crippen LogP contribution in [0.25, 0.3) is 0 Å². The predicted molar refractivity (Wildman–Crippen MR) is 91.5 cm³/mol. The molecule has 2 aromatic heterocycles. The summed E-state index contributed by atoms with van der Waals surface area (Å²) >= 11 is 0. The number of carbonyl (C=O) groups is 1. The largest absolute Gasteiger partial charge is 0.497 e. The SMILES string of the molecule is COc1cccc(CC(=O)N2CC(n3cc(Cn4nccn4)nn3)C2)c1. The average Bonchev–Trinajstić information content (AvgIpc) is 3.26. The Balaban J connectivity index is 1.30. The summed E-state index contributed by atoms with van der Waals surface area (Å²) in [5, 5.41) is 16.4. The van der Waals surface area contributed by atoms with Gasteiger partial charge < -0.3 is 9.64 Å². The second-order valence-corrected chi connectivity index (χ2v) is 6.23. The fraction of sp³-hybridized carbons (Fsp3) is 0.353. The molecule has 0 N–H and O–H groups in total. The van der Waals surface area contributed by atoms with E-state index in [0.29, 0.717) is 26.1 Å². The van der Waals surface area contributed by atoms with E-state index in [1.54, 1.807) is 24.3 Å². The van der Waals surface area contributed by atoms with Crippen LogP contribution >= 0.6 is 0 Å². The zero-order chi connectivity index (χ0) is 17.9. The molecule has 1 aliphatic rings. The van der Waals surface area contributed by atoms with E-state index in [4.69, 9.17) is 4.74 Å². The quantitative estimate of drug-likeness (QED) is 0.643. The highest BCUT2D eigenvalue weighted by Gasteiger charge is 2.32. The summed E-state index contributed by atoms with van der Waals surface area (Å²) in [4.78, 5) is 15.8. The molecular weight excluding hydrogens is 334 g/mol. The summed E-state index contributed by atoms with van der Waals surface area (Å²) in [5.41, 5.74) is 1.75. The van der Waals surface area contributed by atoms with E-state index in [1.165, 1.54) is 0 Å². The van der Waals surface area contributed by atoms with Gasteiger partial charge in [-0.1, -0.05) is 17.3 Å². The lowest BCUT2D eigenvalue weighted by atomic mass is 10.1. The van der Waals surface area contributed by atoms with Crippen LogP contribution in [-0.2, 0) is 17.8 Å². The predicted octanol–water partition coefficient (Wildman–Crippen LogP) is 0.552. The fourth-order valence-electron chi connectivity index (χ4n) is 2.93. The number of ether oxygens (including phenoxy) is 1. The zero-order valence-corrected chi connectivity index (χ0v) is 14.4. The molecule has 1 saturated heterocycles. The van der Waals surface area contributed by atoms with E-state index in [9.17, 15) is 4.79 Å². The van der Waals surface area contributed by atoms with E-state index in [0.717, 1.165) is 17.0 Å². The average molecular weight is 353 g/mol. The monoisotopic (exact) mass is 353 g/mol. The number of nitrogens with zero attached hydrogens (tertiary/aromatic N) is 7. The standard InChI is InChI=1S/C17H19N7O2/c1-26-16-4-2-3-13(7-16)8-17(25)22-11-15(12-22)23-9-14(20-21-23)10-24-18-5-6-19-24/h2-7,9,15H,8,10-12H2,1H3. The summed E-state index contributed by atoms with van der Waals surface area (Å²) in [6.45, 7) is 1.77. The van der Waals surface area contributed by atoms with Crippen molar-refractivity contribution in [1.29, 1.82) is 0 Å². The maximum Gasteiger partial charge on any atom is 0.227 e. The van der Waals surface area contributed by atoms with Gasteiger partial charge in [0.15, 0.2) is 0 Å². The molecule has 1 fully saturated rings. The van der Waals surface area contributed by atoms with Crippen molar-refractivity contribution in [3.05, 3.63) is 54.1 Å². The minimum atomic E-state index is 0.107. The molecule has 0 aliphatic carbocycles. The van der Waals surface area contributed by atoms with Gasteiger partial charge in [-0.05, 0) is 17.7 Å². The van der Waals surface area contributed by atoms with Gasteiger partial charge in [0.05, 0.1) is 38.2 Å². The third-order valence-corrected chi connectivity index (χ3v) is 4.41. The Labute approximate surface area is 150 Å². The summed E-state index contributed by atoms with van der Waals surface area (Å²) < 4.78 is 7.01. The summed E-state index contributed by atoms with van der Waals surface area (Å²) in [6, 6.07) is 7.75. The summed E-state index contributed by atoms with van der Waals surface area (Å²) in [6.07, 6.45) is 5.51. The molecule has 3 aromatic rings. The van der Waals surface area contributed by atoms with Crippen LogP contribution in [0.2, 0.25) is 0 Å². The van der Waals surface area contributed by atoms with E-state index in [-0.39, 0.29) is 11.9 Å². The molecule has 1 aliphatic heterocycles. The fourth-order valence-corrected chi connectivity index (χ4v) is 2.93. The van der Waals surface area contributed by atoms with Crippen molar-refractivity contribution in [3.8, 4) is 5.75 Å². The highest BCUT2D eigenvalue weighted by molar-refractivity contribution is 5.79. The minimum Gasteiger partial charge on any atom is -0.497 e. The molecule has 1 amide bonds. The molecule has 9 heteroatoms. The second-order valence-electron chi connectivity index (χ2n) is 6.23. The van der Waals surface area contributed by atoms with Gasteiger partial charge in [-0.2, -0.15) is 15.0 Å². The number of carbonyl (C=O) groups excluding carboxylic acids is 1. The molecule has 0 radical (unpaired) electrons. The molecule has 0 bridgehead atoms. The van der Waals surface area contributed by atoms with Crippen LogP contribution in [-0.4, -0.2) is 61.0 Å². The van der Waals surface area contributed by atoms with Crippen molar-refractivity contribution < 1.29 is 9.53 Å². The molecule has 0 saturated carbocycles. The lowest BCUT2D eigenvalue weighted by Crippen LogP contribution is -2.51. The van der Waals surface area contributed by atoms with Crippen molar-refractivity contribution in [2.45, 2.75) is 19.0 Å². The van der Waals surface area contributed by atoms with E-state index in [2.05, 4.69) is 20.5 Å². The van der Waals surface area contributed by atoms with Crippen molar-refractivity contribution in [1.82, 2.24) is 34.9 Å². The number of hydrogen-bond acceptors (Lipinski definition) is 6. The Hall–Kier alpha value is -3.23. The lowest BCUT2D eigenvalue weighted by molar-refractivity contribution is -0.136. The van der Waals surface area contributed by atoms with Crippen molar-refractivity contribution in [2.75, 3.05) is 20.2 Å². The molecule has 4 rings (SSSR count). The maximum absolute atomic E-state index is 12.4. The van der Waals surface area contributed by atoms with Crippen LogP contribution in [0.15, 0.2) is 42.9 Å². The molecular formula is C17H19N7O2. The first-order chi connectivity index (χ1) is 12.7. The van der Waals surface area contributed by atoms with Crippen LogP contribution in [0.3, 0.4) is 0 Å². The van der Waals surface area contributed by atoms with Crippen LogP contribution in [0.5, 0.6) is 5.75 Å². The Morgan fingerprint density at radius 1 is 1.27 bits per heavy atom. The Kier molecular flexibility index (Phi) is 4.34. The lowest BCUT2D eigenvalue weighted by Gasteiger charge is -2.39. The van der Waals surface area contributed by atoms with Crippen molar-refractivity contribution >= 4 is 5.91 Å². The van der Waals surface area contributed by atoms with Gasteiger partial charge in [0.25, 0.3) is 0 Å². The minimum absolute atomic E-state index is 0.107. The first kappa shape index (κ1) is 16.2. The summed E-state index contributed by atoms with van der Waals surface area (Å²) in [5.74, 6) is 0.870. The molecule has 0 unspecified atom stereocenters. The Morgan fingerprint density at radius 3 is 2.85 bits per heavy atom. The molecule has 0 atom stereocenters. The van der Waals surface area contributed by atoms with E-state index < -0.39 is 0 Å². The zero-order valence-electron chi connectivity index (χ0n) is 14.4. The smallest absolute Gasteiger partial charge is 0.227 e. The maximum atomic E-state index is 12.4. The molecule has 134 valence electrons. The van der Waals surface area contributed by atoms with Crippen LogP contribution in [0.1, 0.15) is 17.3 Å². The van der Waals surface area contributed by atoms with Gasteiger partial charge >= 0.3 is 0 Å².